The van der Waals surface area contributed by atoms with Crippen LogP contribution < -0.4 is 10.1 Å². The Morgan fingerprint density at radius 3 is 2.40 bits per heavy atom. The van der Waals surface area contributed by atoms with Crippen molar-refractivity contribution in [3.8, 4) is 5.75 Å². The van der Waals surface area contributed by atoms with Crippen LogP contribution >= 0.6 is 0 Å². The summed E-state index contributed by atoms with van der Waals surface area (Å²) in [5.74, 6) is 1.54. The van der Waals surface area contributed by atoms with Crippen LogP contribution in [0.2, 0.25) is 0 Å². The minimum atomic E-state index is 0.427. The first-order valence-electron chi connectivity index (χ1n) is 7.50. The van der Waals surface area contributed by atoms with Gasteiger partial charge in [0, 0.05) is 6.04 Å². The Kier molecular flexibility index (Phi) is 5.02. The van der Waals surface area contributed by atoms with E-state index >= 15 is 0 Å². The molecule has 0 aliphatic carbocycles. The van der Waals surface area contributed by atoms with Gasteiger partial charge < -0.3 is 10.1 Å². The third kappa shape index (κ3) is 3.13. The molecular formula is C18H25NO. The number of nitrogens with one attached hydrogen (secondary N) is 1. The summed E-state index contributed by atoms with van der Waals surface area (Å²) in [7, 11) is 1.71. The van der Waals surface area contributed by atoms with Crippen molar-refractivity contribution in [3.63, 3.8) is 0 Å². The minimum Gasteiger partial charge on any atom is -0.497 e. The summed E-state index contributed by atoms with van der Waals surface area (Å²) in [4.78, 5) is 0. The predicted octanol–water partition coefficient (Wildman–Crippen LogP) is 4.55. The largest absolute Gasteiger partial charge is 0.497 e. The van der Waals surface area contributed by atoms with Crippen LogP contribution in [0.4, 0.5) is 0 Å². The Morgan fingerprint density at radius 2 is 1.75 bits per heavy atom. The molecule has 2 heteroatoms. The van der Waals surface area contributed by atoms with Crippen molar-refractivity contribution in [3.05, 3.63) is 42.0 Å². The van der Waals surface area contributed by atoms with E-state index < -0.39 is 0 Å². The number of methoxy groups -OCH3 is 1. The second-order valence-corrected chi connectivity index (χ2v) is 5.39. The third-order valence-corrected chi connectivity index (χ3v) is 4.07. The summed E-state index contributed by atoms with van der Waals surface area (Å²) in [6, 6.07) is 13.4. The molecule has 2 nitrogen and oxygen atoms in total. The number of hydrogen-bond donors (Lipinski definition) is 1. The van der Waals surface area contributed by atoms with Gasteiger partial charge >= 0.3 is 0 Å². The van der Waals surface area contributed by atoms with Crippen molar-refractivity contribution in [1.82, 2.24) is 5.32 Å². The Bertz CT molecular complexity index is 564. The molecule has 0 heterocycles. The van der Waals surface area contributed by atoms with Gasteiger partial charge in [-0.05, 0) is 47.0 Å². The number of fused-ring (bicyclic) bond motifs is 1. The zero-order chi connectivity index (χ0) is 14.5. The summed E-state index contributed by atoms with van der Waals surface area (Å²) < 4.78 is 5.28. The minimum absolute atomic E-state index is 0.427. The van der Waals surface area contributed by atoms with Gasteiger partial charge in [-0.25, -0.2) is 0 Å². The molecule has 0 radical (unpaired) electrons. The molecule has 0 saturated carbocycles. The van der Waals surface area contributed by atoms with Gasteiger partial charge in [0.15, 0.2) is 0 Å². The van der Waals surface area contributed by atoms with Gasteiger partial charge in [-0.3, -0.25) is 0 Å². The maximum absolute atomic E-state index is 5.28. The first-order valence-corrected chi connectivity index (χ1v) is 7.50. The SMILES string of the molecule is CCNC(c1ccc2cc(OC)ccc2c1)C(C)CC. The molecule has 2 rings (SSSR count). The molecule has 108 valence electrons. The molecule has 2 unspecified atom stereocenters. The molecular weight excluding hydrogens is 246 g/mol. The molecule has 2 aromatic carbocycles. The van der Waals surface area contributed by atoms with Gasteiger partial charge in [-0.1, -0.05) is 45.4 Å². The van der Waals surface area contributed by atoms with E-state index in [0.717, 1.165) is 12.3 Å². The molecule has 0 spiro atoms. The van der Waals surface area contributed by atoms with Gasteiger partial charge in [0.25, 0.3) is 0 Å². The summed E-state index contributed by atoms with van der Waals surface area (Å²) in [5.41, 5.74) is 1.37. The normalized spacial score (nSPS) is 14.2. The van der Waals surface area contributed by atoms with Gasteiger partial charge in [-0.2, -0.15) is 0 Å². The molecule has 20 heavy (non-hydrogen) atoms. The quantitative estimate of drug-likeness (QED) is 0.832. The van der Waals surface area contributed by atoms with Crippen LogP contribution in [0, 0.1) is 5.92 Å². The van der Waals surface area contributed by atoms with E-state index in [1.165, 1.54) is 22.8 Å². The molecule has 0 aromatic heterocycles. The van der Waals surface area contributed by atoms with Gasteiger partial charge in [0.05, 0.1) is 7.11 Å². The Morgan fingerprint density at radius 1 is 1.05 bits per heavy atom. The van der Waals surface area contributed by atoms with Crippen LogP contribution in [0.3, 0.4) is 0 Å². The van der Waals surface area contributed by atoms with Crippen LogP contribution in [0.5, 0.6) is 5.75 Å². The van der Waals surface area contributed by atoms with Crippen LogP contribution in [0.25, 0.3) is 10.8 Å². The third-order valence-electron chi connectivity index (χ3n) is 4.07. The smallest absolute Gasteiger partial charge is 0.119 e. The highest BCUT2D eigenvalue weighted by Crippen LogP contribution is 2.28. The zero-order valence-electron chi connectivity index (χ0n) is 12.9. The fourth-order valence-corrected chi connectivity index (χ4v) is 2.67. The maximum Gasteiger partial charge on any atom is 0.119 e. The summed E-state index contributed by atoms with van der Waals surface area (Å²) in [5, 5.41) is 6.11. The van der Waals surface area contributed by atoms with E-state index in [0.29, 0.717) is 12.0 Å². The van der Waals surface area contributed by atoms with Crippen LogP contribution in [-0.4, -0.2) is 13.7 Å². The molecule has 2 aromatic rings. The molecule has 0 fully saturated rings. The molecule has 0 aliphatic rings. The van der Waals surface area contributed by atoms with Crippen LogP contribution in [0.15, 0.2) is 36.4 Å². The van der Waals surface area contributed by atoms with Gasteiger partial charge in [0.1, 0.15) is 5.75 Å². The van der Waals surface area contributed by atoms with Crippen molar-refractivity contribution in [2.24, 2.45) is 5.92 Å². The fraction of sp³-hybridized carbons (Fsp3) is 0.444. The Balaban J connectivity index is 2.38. The van der Waals surface area contributed by atoms with Crippen molar-refractivity contribution < 1.29 is 4.74 Å². The van der Waals surface area contributed by atoms with E-state index in [1.54, 1.807) is 7.11 Å². The zero-order valence-corrected chi connectivity index (χ0v) is 12.9. The van der Waals surface area contributed by atoms with Crippen molar-refractivity contribution in [2.45, 2.75) is 33.2 Å². The second kappa shape index (κ2) is 6.76. The average Bonchev–Trinajstić information content (AvgIpc) is 2.50. The fourth-order valence-electron chi connectivity index (χ4n) is 2.67. The topological polar surface area (TPSA) is 21.3 Å². The van der Waals surface area contributed by atoms with Crippen LogP contribution in [-0.2, 0) is 0 Å². The second-order valence-electron chi connectivity index (χ2n) is 5.39. The highest BCUT2D eigenvalue weighted by Gasteiger charge is 2.17. The van der Waals surface area contributed by atoms with Crippen molar-refractivity contribution >= 4 is 10.8 Å². The summed E-state index contributed by atoms with van der Waals surface area (Å²) >= 11 is 0. The van der Waals surface area contributed by atoms with Gasteiger partial charge in [0.2, 0.25) is 0 Å². The molecule has 0 aliphatic heterocycles. The van der Waals surface area contributed by atoms with E-state index in [9.17, 15) is 0 Å². The van der Waals surface area contributed by atoms with E-state index in [1.807, 2.05) is 6.07 Å². The van der Waals surface area contributed by atoms with E-state index in [-0.39, 0.29) is 0 Å². The predicted molar refractivity (Wildman–Crippen MR) is 86.4 cm³/mol. The average molecular weight is 271 g/mol. The maximum atomic E-state index is 5.28. The number of benzene rings is 2. The van der Waals surface area contributed by atoms with Crippen molar-refractivity contribution in [2.75, 3.05) is 13.7 Å². The van der Waals surface area contributed by atoms with E-state index in [4.69, 9.17) is 4.74 Å². The first kappa shape index (κ1) is 14.9. The number of rotatable bonds is 6. The number of ether oxygens (including phenoxy) is 1. The number of hydrogen-bond acceptors (Lipinski definition) is 2. The highest BCUT2D eigenvalue weighted by molar-refractivity contribution is 5.84. The standard InChI is InChI=1S/C18H25NO/c1-5-13(3)18(19-6-2)16-8-7-15-12-17(20-4)10-9-14(15)11-16/h7-13,18-19H,5-6H2,1-4H3. The van der Waals surface area contributed by atoms with Crippen LogP contribution in [0.1, 0.15) is 38.8 Å². The van der Waals surface area contributed by atoms with E-state index in [2.05, 4.69) is 56.4 Å². The molecule has 0 amide bonds. The molecule has 1 N–H and O–H groups in total. The first-order chi connectivity index (χ1) is 9.69. The molecule has 0 bridgehead atoms. The summed E-state index contributed by atoms with van der Waals surface area (Å²) in [6.45, 7) is 7.73. The lowest BCUT2D eigenvalue weighted by Gasteiger charge is -2.24. The lowest BCUT2D eigenvalue weighted by atomic mass is 9.91. The summed E-state index contributed by atoms with van der Waals surface area (Å²) in [6.07, 6.45) is 1.18. The Labute approximate surface area is 122 Å². The van der Waals surface area contributed by atoms with Gasteiger partial charge in [-0.15, -0.1) is 0 Å². The highest BCUT2D eigenvalue weighted by atomic mass is 16.5. The monoisotopic (exact) mass is 271 g/mol. The Hall–Kier alpha value is -1.54. The lowest BCUT2D eigenvalue weighted by Crippen LogP contribution is -2.26. The molecule has 0 saturated heterocycles. The lowest BCUT2D eigenvalue weighted by molar-refractivity contribution is 0.384. The molecule has 2 atom stereocenters. The van der Waals surface area contributed by atoms with Crippen molar-refractivity contribution in [1.29, 1.82) is 0 Å².